The van der Waals surface area contributed by atoms with E-state index in [1.54, 1.807) is 0 Å². The second-order valence-corrected chi connectivity index (χ2v) is 12.0. The van der Waals surface area contributed by atoms with Crippen LogP contribution in [0.25, 0.3) is 0 Å². The smallest absolute Gasteiger partial charge is 0.254 e. The summed E-state index contributed by atoms with van der Waals surface area (Å²) in [5, 5.41) is 24.3. The number of nitrogens with one attached hydrogen (secondary N) is 1. The number of hydrogen-bond acceptors (Lipinski definition) is 6. The highest BCUT2D eigenvalue weighted by Gasteiger charge is 2.39. The number of rotatable bonds is 6. The molecule has 2 aliphatic heterocycles. The molecule has 214 valence electrons. The van der Waals surface area contributed by atoms with Crippen LogP contribution in [0.4, 0.5) is 17.1 Å². The molecule has 1 atom stereocenters. The number of aryl methyl sites for hydroxylation is 2. The highest BCUT2D eigenvalue weighted by molar-refractivity contribution is 5.97. The van der Waals surface area contributed by atoms with Crippen LogP contribution >= 0.6 is 0 Å². The van der Waals surface area contributed by atoms with Crippen molar-refractivity contribution in [2.24, 2.45) is 0 Å². The fourth-order valence-electron chi connectivity index (χ4n) is 6.24. The third-order valence-electron chi connectivity index (χ3n) is 8.59. The summed E-state index contributed by atoms with van der Waals surface area (Å²) in [5.41, 5.74) is 5.60. The lowest BCUT2D eigenvalue weighted by Gasteiger charge is -2.47. The third kappa shape index (κ3) is 6.18. The van der Waals surface area contributed by atoms with Gasteiger partial charge in [0.05, 0.1) is 22.9 Å². The molecule has 0 aromatic heterocycles. The molecule has 0 aliphatic carbocycles. The predicted octanol–water partition coefficient (Wildman–Crippen LogP) is 5.36. The predicted molar refractivity (Wildman–Crippen MR) is 166 cm³/mol. The normalized spacial score (nSPS) is 18.2. The maximum Gasteiger partial charge on any atom is 0.254 e. The number of para-hydroxylation sites is 2. The number of piperazine rings is 1. The van der Waals surface area contributed by atoms with E-state index in [-0.39, 0.29) is 11.9 Å². The number of nitriles is 1. The van der Waals surface area contributed by atoms with Crippen molar-refractivity contribution >= 4 is 23.0 Å². The molecule has 3 aromatic rings. The Bertz CT molecular complexity index is 1420. The van der Waals surface area contributed by atoms with E-state index in [9.17, 15) is 15.2 Å². The number of anilines is 3. The first-order valence-electron chi connectivity index (χ1n) is 14.6. The van der Waals surface area contributed by atoms with Crippen LogP contribution in [-0.2, 0) is 0 Å². The van der Waals surface area contributed by atoms with Gasteiger partial charge >= 0.3 is 0 Å². The van der Waals surface area contributed by atoms with Crippen LogP contribution in [0.2, 0.25) is 0 Å². The van der Waals surface area contributed by atoms with Crippen LogP contribution in [0, 0.1) is 25.2 Å². The zero-order valence-corrected chi connectivity index (χ0v) is 24.6. The van der Waals surface area contributed by atoms with E-state index in [1.807, 2.05) is 74.2 Å². The minimum atomic E-state index is -0.980. The van der Waals surface area contributed by atoms with Gasteiger partial charge < -0.3 is 25.1 Å². The van der Waals surface area contributed by atoms with Crippen LogP contribution in [0.3, 0.4) is 0 Å². The summed E-state index contributed by atoms with van der Waals surface area (Å²) >= 11 is 0. The van der Waals surface area contributed by atoms with Crippen molar-refractivity contribution in [3.63, 3.8) is 0 Å². The lowest BCUT2D eigenvalue weighted by atomic mass is 9.93. The summed E-state index contributed by atoms with van der Waals surface area (Å²) in [6.45, 7) is 11.2. The number of carbonyl (C=O) groups excluding carboxylic acids is 1. The van der Waals surface area contributed by atoms with Crippen LogP contribution < -0.4 is 15.1 Å². The van der Waals surface area contributed by atoms with Crippen molar-refractivity contribution in [2.45, 2.75) is 58.2 Å². The van der Waals surface area contributed by atoms with E-state index in [0.29, 0.717) is 36.8 Å². The lowest BCUT2D eigenvalue weighted by molar-refractivity contribution is 0.0227. The van der Waals surface area contributed by atoms with Gasteiger partial charge in [-0.2, -0.15) is 5.26 Å². The number of carbonyl (C=O) groups is 1. The third-order valence-corrected chi connectivity index (χ3v) is 8.59. The largest absolute Gasteiger partial charge is 0.388 e. The molecule has 7 heteroatoms. The van der Waals surface area contributed by atoms with Crippen molar-refractivity contribution in [1.82, 2.24) is 4.90 Å². The zero-order chi connectivity index (χ0) is 29.1. The molecule has 2 saturated heterocycles. The van der Waals surface area contributed by atoms with Crippen molar-refractivity contribution in [2.75, 3.05) is 47.8 Å². The molecule has 2 aliphatic rings. The molecule has 3 aromatic carbocycles. The second kappa shape index (κ2) is 11.8. The van der Waals surface area contributed by atoms with Gasteiger partial charge in [0.15, 0.2) is 0 Å². The second-order valence-electron chi connectivity index (χ2n) is 12.0. The number of benzene rings is 3. The van der Waals surface area contributed by atoms with Crippen LogP contribution in [0.5, 0.6) is 0 Å². The molecular formula is C34H41N5O2. The Labute approximate surface area is 244 Å². The number of hydrogen-bond donors (Lipinski definition) is 2. The molecule has 41 heavy (non-hydrogen) atoms. The average molecular weight is 552 g/mol. The molecule has 1 amide bonds. The molecule has 2 heterocycles. The standard InChI is InChI=1S/C34H41N5O2/c1-24-20-25(2)30(36-27-14-16-37(17-15-27)31-13-9-8-10-26(31)22-35)21-29(24)33(40)38-18-19-39(28-11-6-5-7-12-28)32(23-38)34(3,4)41/h5-13,20-21,27,32,36,41H,14-19,23H2,1-4H3/t32-/m1/s1. The van der Waals surface area contributed by atoms with Crippen molar-refractivity contribution in [1.29, 1.82) is 5.26 Å². The maximum atomic E-state index is 13.9. The Kier molecular flexibility index (Phi) is 8.23. The molecule has 5 rings (SSSR count). The van der Waals surface area contributed by atoms with E-state index < -0.39 is 5.60 Å². The lowest BCUT2D eigenvalue weighted by Crippen LogP contribution is -2.62. The van der Waals surface area contributed by atoms with E-state index in [0.717, 1.165) is 54.1 Å². The summed E-state index contributed by atoms with van der Waals surface area (Å²) in [6, 6.07) is 24.4. The van der Waals surface area contributed by atoms with Gasteiger partial charge in [0.2, 0.25) is 0 Å². The first-order chi connectivity index (χ1) is 19.7. The summed E-state index contributed by atoms with van der Waals surface area (Å²) in [5.74, 6) is 0.00967. The molecule has 2 N–H and O–H groups in total. The monoisotopic (exact) mass is 551 g/mol. The average Bonchev–Trinajstić information content (AvgIpc) is 2.98. The van der Waals surface area contributed by atoms with Crippen LogP contribution in [-0.4, -0.2) is 66.3 Å². The molecule has 0 spiro atoms. The summed E-state index contributed by atoms with van der Waals surface area (Å²) in [6.07, 6.45) is 1.90. The molecule has 7 nitrogen and oxygen atoms in total. The Hall–Kier alpha value is -4.02. The minimum absolute atomic E-state index is 0.00967. The molecule has 0 saturated carbocycles. The van der Waals surface area contributed by atoms with E-state index in [2.05, 4.69) is 46.3 Å². The summed E-state index contributed by atoms with van der Waals surface area (Å²) in [7, 11) is 0. The van der Waals surface area contributed by atoms with Gasteiger partial charge in [-0.05, 0) is 82.0 Å². The minimum Gasteiger partial charge on any atom is -0.388 e. The Morgan fingerprint density at radius 3 is 2.32 bits per heavy atom. The zero-order valence-electron chi connectivity index (χ0n) is 24.6. The quantitative estimate of drug-likeness (QED) is 0.429. The molecule has 0 unspecified atom stereocenters. The summed E-state index contributed by atoms with van der Waals surface area (Å²) in [4.78, 5) is 20.3. The van der Waals surface area contributed by atoms with Crippen molar-refractivity contribution in [3.8, 4) is 6.07 Å². The van der Waals surface area contributed by atoms with E-state index >= 15 is 0 Å². The van der Waals surface area contributed by atoms with Crippen molar-refractivity contribution < 1.29 is 9.90 Å². The Balaban J connectivity index is 1.29. The van der Waals surface area contributed by atoms with Gasteiger partial charge in [-0.3, -0.25) is 4.79 Å². The van der Waals surface area contributed by atoms with Crippen LogP contribution in [0.1, 0.15) is 53.7 Å². The molecular weight excluding hydrogens is 510 g/mol. The molecule has 0 radical (unpaired) electrons. The Morgan fingerprint density at radius 2 is 1.63 bits per heavy atom. The number of piperidine rings is 1. The van der Waals surface area contributed by atoms with E-state index in [1.165, 1.54) is 0 Å². The van der Waals surface area contributed by atoms with E-state index in [4.69, 9.17) is 0 Å². The highest BCUT2D eigenvalue weighted by atomic mass is 16.3. The van der Waals surface area contributed by atoms with Gasteiger partial charge in [0.25, 0.3) is 5.91 Å². The van der Waals surface area contributed by atoms with Gasteiger partial charge in [-0.15, -0.1) is 0 Å². The topological polar surface area (TPSA) is 82.8 Å². The van der Waals surface area contributed by atoms with Crippen LogP contribution in [0.15, 0.2) is 66.7 Å². The first-order valence-corrected chi connectivity index (χ1v) is 14.6. The van der Waals surface area contributed by atoms with Gasteiger partial charge in [-0.25, -0.2) is 0 Å². The number of aliphatic hydroxyl groups is 1. The SMILES string of the molecule is Cc1cc(C)c(C(=O)N2CCN(c3ccccc3)[C@@H](C(C)(C)O)C2)cc1NC1CCN(c2ccccc2C#N)CC1. The molecule has 0 bridgehead atoms. The number of nitrogens with zero attached hydrogens (tertiary/aromatic N) is 4. The molecule has 2 fully saturated rings. The van der Waals surface area contributed by atoms with Gasteiger partial charge in [-0.1, -0.05) is 36.4 Å². The Morgan fingerprint density at radius 1 is 0.951 bits per heavy atom. The summed E-state index contributed by atoms with van der Waals surface area (Å²) < 4.78 is 0. The first kappa shape index (κ1) is 28.5. The fraction of sp³-hybridized carbons (Fsp3) is 0.412. The highest BCUT2D eigenvalue weighted by Crippen LogP contribution is 2.30. The maximum absolute atomic E-state index is 13.9. The van der Waals surface area contributed by atoms with Crippen molar-refractivity contribution in [3.05, 3.63) is 89.0 Å². The number of amides is 1. The van der Waals surface area contributed by atoms with Gasteiger partial charge in [0, 0.05) is 55.7 Å². The van der Waals surface area contributed by atoms with Gasteiger partial charge in [0.1, 0.15) is 6.07 Å². The fourth-order valence-corrected chi connectivity index (χ4v) is 6.24.